The predicted octanol–water partition coefficient (Wildman–Crippen LogP) is 0.0648. The number of sulfonamides is 1. The number of carbonyl (C=O) groups excluding carboxylic acids is 2. The van der Waals surface area contributed by atoms with Crippen LogP contribution in [0.25, 0.3) is 0 Å². The number of amides is 2. The number of piperazine rings is 1. The Morgan fingerprint density at radius 3 is 2.34 bits per heavy atom. The molecule has 0 unspecified atom stereocenters. The first-order valence-electron chi connectivity index (χ1n) is 9.85. The summed E-state index contributed by atoms with van der Waals surface area (Å²) in [5, 5.41) is 0. The van der Waals surface area contributed by atoms with Crippen molar-refractivity contribution in [2.24, 2.45) is 0 Å². The number of nitrogens with one attached hydrogen (secondary N) is 1. The van der Waals surface area contributed by atoms with E-state index in [1.807, 2.05) is 0 Å². The van der Waals surface area contributed by atoms with Crippen molar-refractivity contribution in [1.29, 1.82) is 0 Å². The zero-order valence-corrected chi connectivity index (χ0v) is 17.5. The third-order valence-corrected chi connectivity index (χ3v) is 6.45. The van der Waals surface area contributed by atoms with E-state index in [4.69, 9.17) is 4.74 Å². The SMILES string of the molecule is CCS(=O)(=O)Nc1cccc(C(=O)N2CCN(C(=O)CN3CCOCC3)CC2)c1. The van der Waals surface area contributed by atoms with Crippen LogP contribution in [0, 0.1) is 0 Å². The van der Waals surface area contributed by atoms with Crippen LogP contribution in [0.4, 0.5) is 5.69 Å². The maximum atomic E-state index is 12.8. The van der Waals surface area contributed by atoms with Crippen molar-refractivity contribution in [3.05, 3.63) is 29.8 Å². The number of hydrogen-bond acceptors (Lipinski definition) is 6. The third-order valence-electron chi connectivity index (χ3n) is 5.15. The molecule has 2 aliphatic rings. The van der Waals surface area contributed by atoms with E-state index in [0.717, 1.165) is 13.1 Å². The van der Waals surface area contributed by atoms with Gasteiger partial charge in [0, 0.05) is 50.5 Å². The number of nitrogens with zero attached hydrogens (tertiary/aromatic N) is 3. The molecule has 3 rings (SSSR count). The van der Waals surface area contributed by atoms with E-state index in [1.165, 1.54) is 0 Å². The summed E-state index contributed by atoms with van der Waals surface area (Å²) in [6, 6.07) is 6.49. The summed E-state index contributed by atoms with van der Waals surface area (Å²) in [5.41, 5.74) is 0.798. The Labute approximate surface area is 171 Å². The molecule has 2 amide bonds. The van der Waals surface area contributed by atoms with E-state index in [9.17, 15) is 18.0 Å². The number of carbonyl (C=O) groups is 2. The van der Waals surface area contributed by atoms with Gasteiger partial charge in [0.2, 0.25) is 15.9 Å². The van der Waals surface area contributed by atoms with Crippen molar-refractivity contribution < 1.29 is 22.7 Å². The average molecular weight is 425 g/mol. The topological polar surface area (TPSA) is 99.3 Å². The van der Waals surface area contributed by atoms with Crippen LogP contribution in [0.5, 0.6) is 0 Å². The first kappa shape index (κ1) is 21.5. The zero-order valence-electron chi connectivity index (χ0n) is 16.7. The van der Waals surface area contributed by atoms with Gasteiger partial charge in [0.15, 0.2) is 0 Å². The fourth-order valence-corrected chi connectivity index (χ4v) is 3.99. The van der Waals surface area contributed by atoms with Gasteiger partial charge in [-0.3, -0.25) is 19.2 Å². The van der Waals surface area contributed by atoms with Gasteiger partial charge in [-0.2, -0.15) is 0 Å². The second kappa shape index (κ2) is 9.55. The summed E-state index contributed by atoms with van der Waals surface area (Å²) in [5.74, 6) is -0.121. The highest BCUT2D eigenvalue weighted by Gasteiger charge is 2.26. The highest BCUT2D eigenvalue weighted by Crippen LogP contribution is 2.16. The lowest BCUT2D eigenvalue weighted by Crippen LogP contribution is -2.53. The molecule has 29 heavy (non-hydrogen) atoms. The molecule has 2 saturated heterocycles. The Kier molecular flexibility index (Phi) is 7.09. The fraction of sp³-hybridized carbons (Fsp3) is 0.579. The van der Waals surface area contributed by atoms with Crippen molar-refractivity contribution in [1.82, 2.24) is 14.7 Å². The van der Waals surface area contributed by atoms with Crippen molar-refractivity contribution in [2.75, 3.05) is 69.5 Å². The normalized spacial score (nSPS) is 18.5. The molecule has 10 heteroatoms. The molecule has 2 heterocycles. The summed E-state index contributed by atoms with van der Waals surface area (Å²) in [4.78, 5) is 30.9. The smallest absolute Gasteiger partial charge is 0.254 e. The Morgan fingerprint density at radius 1 is 1.03 bits per heavy atom. The Morgan fingerprint density at radius 2 is 1.69 bits per heavy atom. The van der Waals surface area contributed by atoms with Crippen LogP contribution in [0.15, 0.2) is 24.3 Å². The van der Waals surface area contributed by atoms with Crippen molar-refractivity contribution >= 4 is 27.5 Å². The van der Waals surface area contributed by atoms with Crippen molar-refractivity contribution in [3.8, 4) is 0 Å². The highest BCUT2D eigenvalue weighted by atomic mass is 32.2. The molecule has 0 saturated carbocycles. The highest BCUT2D eigenvalue weighted by molar-refractivity contribution is 7.92. The molecule has 0 bridgehead atoms. The maximum Gasteiger partial charge on any atom is 0.254 e. The predicted molar refractivity (Wildman–Crippen MR) is 109 cm³/mol. The molecule has 0 spiro atoms. The van der Waals surface area contributed by atoms with Gasteiger partial charge in [-0.15, -0.1) is 0 Å². The molecule has 160 valence electrons. The molecule has 0 atom stereocenters. The summed E-state index contributed by atoms with van der Waals surface area (Å²) < 4.78 is 31.2. The van der Waals surface area contributed by atoms with Gasteiger partial charge in [0.1, 0.15) is 0 Å². The number of hydrogen-bond donors (Lipinski definition) is 1. The fourth-order valence-electron chi connectivity index (χ4n) is 3.36. The van der Waals surface area contributed by atoms with Crippen LogP contribution in [-0.4, -0.2) is 99.7 Å². The van der Waals surface area contributed by atoms with Crippen LogP contribution in [-0.2, 0) is 19.6 Å². The molecule has 0 radical (unpaired) electrons. The van der Waals surface area contributed by atoms with Gasteiger partial charge >= 0.3 is 0 Å². The van der Waals surface area contributed by atoms with Crippen molar-refractivity contribution in [2.45, 2.75) is 6.92 Å². The molecule has 1 N–H and O–H groups in total. The second-order valence-corrected chi connectivity index (χ2v) is 9.16. The van der Waals surface area contributed by atoms with E-state index in [2.05, 4.69) is 9.62 Å². The van der Waals surface area contributed by atoms with E-state index >= 15 is 0 Å². The van der Waals surface area contributed by atoms with Gasteiger partial charge in [-0.05, 0) is 25.1 Å². The first-order valence-corrected chi connectivity index (χ1v) is 11.5. The van der Waals surface area contributed by atoms with Gasteiger partial charge in [-0.1, -0.05) is 6.07 Å². The van der Waals surface area contributed by atoms with Gasteiger partial charge in [-0.25, -0.2) is 8.42 Å². The molecule has 9 nitrogen and oxygen atoms in total. The minimum absolute atomic E-state index is 0.0361. The molecule has 1 aromatic carbocycles. The van der Waals surface area contributed by atoms with E-state index < -0.39 is 10.0 Å². The average Bonchev–Trinajstić information content (AvgIpc) is 2.74. The van der Waals surface area contributed by atoms with E-state index in [-0.39, 0.29) is 17.6 Å². The summed E-state index contributed by atoms with van der Waals surface area (Å²) >= 11 is 0. The Hall–Kier alpha value is -2.17. The Bertz CT molecular complexity index is 831. The summed E-state index contributed by atoms with van der Waals surface area (Å²) in [7, 11) is -3.40. The lowest BCUT2D eigenvalue weighted by atomic mass is 10.1. The van der Waals surface area contributed by atoms with Crippen molar-refractivity contribution in [3.63, 3.8) is 0 Å². The number of anilines is 1. The Balaban J connectivity index is 1.54. The van der Waals surface area contributed by atoms with Crippen LogP contribution in [0.3, 0.4) is 0 Å². The third kappa shape index (κ3) is 5.91. The van der Waals surface area contributed by atoms with Gasteiger partial charge in [0.25, 0.3) is 5.91 Å². The molecular weight excluding hydrogens is 396 g/mol. The van der Waals surface area contributed by atoms with Crippen LogP contribution in [0.1, 0.15) is 17.3 Å². The molecule has 1 aromatic rings. The molecule has 2 aliphatic heterocycles. The van der Waals surface area contributed by atoms with Crippen LogP contribution >= 0.6 is 0 Å². The number of ether oxygens (including phenoxy) is 1. The summed E-state index contributed by atoms with van der Waals surface area (Å²) in [6.07, 6.45) is 0. The quantitative estimate of drug-likeness (QED) is 0.694. The first-order chi connectivity index (χ1) is 13.9. The number of rotatable bonds is 6. The second-order valence-electron chi connectivity index (χ2n) is 7.15. The largest absolute Gasteiger partial charge is 0.379 e. The lowest BCUT2D eigenvalue weighted by molar-refractivity contribution is -0.134. The standard InChI is InChI=1S/C19H28N4O5S/c1-2-29(26,27)20-17-5-3-4-16(14-17)19(25)23-8-6-22(7-9-23)18(24)15-21-10-12-28-13-11-21/h3-5,14,20H,2,6-13,15H2,1H3. The molecule has 0 aromatic heterocycles. The van der Waals surface area contributed by atoms with E-state index in [1.54, 1.807) is 41.0 Å². The summed E-state index contributed by atoms with van der Waals surface area (Å²) in [6.45, 7) is 6.69. The number of morpholine rings is 1. The lowest BCUT2D eigenvalue weighted by Gasteiger charge is -2.36. The van der Waals surface area contributed by atoms with Crippen LogP contribution < -0.4 is 4.72 Å². The minimum Gasteiger partial charge on any atom is -0.379 e. The molecule has 2 fully saturated rings. The molecule has 0 aliphatic carbocycles. The van der Waals surface area contributed by atoms with Gasteiger partial charge < -0.3 is 14.5 Å². The van der Waals surface area contributed by atoms with E-state index in [0.29, 0.717) is 57.2 Å². The number of benzene rings is 1. The molecular formula is C19H28N4O5S. The monoisotopic (exact) mass is 424 g/mol. The van der Waals surface area contributed by atoms with Gasteiger partial charge in [0.05, 0.1) is 25.5 Å². The minimum atomic E-state index is -3.40. The maximum absolute atomic E-state index is 12.8. The zero-order chi connectivity index (χ0) is 20.9. The van der Waals surface area contributed by atoms with Crippen LogP contribution in [0.2, 0.25) is 0 Å².